The highest BCUT2D eigenvalue weighted by atomic mass is 16.7. The van der Waals surface area contributed by atoms with E-state index in [0.717, 1.165) is 45.3 Å². The minimum Gasteiger partial charge on any atom is -0.466 e. The average Bonchev–Trinajstić information content (AvgIpc) is 2.86. The Bertz CT molecular complexity index is 308. The molecule has 1 aliphatic heterocycles. The lowest BCUT2D eigenvalue weighted by Crippen LogP contribution is -2.34. The molecule has 0 amide bonds. The maximum atomic E-state index is 11.2. The van der Waals surface area contributed by atoms with Gasteiger partial charge in [-0.3, -0.25) is 4.79 Å². The lowest BCUT2D eigenvalue weighted by atomic mass is 9.85. The third-order valence-corrected chi connectivity index (χ3v) is 3.83. The Hall–Kier alpha value is -0.870. The van der Waals surface area contributed by atoms with E-state index in [9.17, 15) is 4.79 Å². The Morgan fingerprint density at radius 3 is 2.63 bits per heavy atom. The van der Waals surface area contributed by atoms with Crippen LogP contribution >= 0.6 is 0 Å². The van der Waals surface area contributed by atoms with Crippen molar-refractivity contribution in [2.24, 2.45) is 5.92 Å². The smallest absolute Gasteiger partial charge is 0.306 e. The molecule has 0 unspecified atom stereocenters. The standard InChI is InChI=1S/C15H24O4/c1-2-17-14(16)6-4-3-5-13-7-9-15(10-8-13)18-11-12-19-15/h3,5,13H,2,4,6-12H2,1H3/b5-3+. The maximum absolute atomic E-state index is 11.2. The summed E-state index contributed by atoms with van der Waals surface area (Å²) in [6, 6.07) is 0. The molecule has 2 rings (SSSR count). The van der Waals surface area contributed by atoms with Gasteiger partial charge in [-0.25, -0.2) is 0 Å². The summed E-state index contributed by atoms with van der Waals surface area (Å²) in [7, 11) is 0. The third kappa shape index (κ3) is 4.32. The zero-order valence-electron chi connectivity index (χ0n) is 11.7. The topological polar surface area (TPSA) is 44.8 Å². The van der Waals surface area contributed by atoms with Crippen molar-refractivity contribution >= 4 is 5.97 Å². The normalized spacial score (nSPS) is 23.2. The maximum Gasteiger partial charge on any atom is 0.306 e. The minimum absolute atomic E-state index is 0.109. The van der Waals surface area contributed by atoms with Crippen LogP contribution in [0, 0.1) is 5.92 Å². The molecule has 1 aliphatic carbocycles. The second-order valence-electron chi connectivity index (χ2n) is 5.22. The fourth-order valence-corrected chi connectivity index (χ4v) is 2.78. The Balaban J connectivity index is 1.63. The number of hydrogen-bond acceptors (Lipinski definition) is 4. The molecule has 1 spiro atoms. The Labute approximate surface area is 115 Å². The number of allylic oxidation sites excluding steroid dienone is 2. The Morgan fingerprint density at radius 1 is 1.32 bits per heavy atom. The summed E-state index contributed by atoms with van der Waals surface area (Å²) >= 11 is 0. The zero-order chi connectivity index (χ0) is 13.6. The van der Waals surface area contributed by atoms with E-state index in [0.29, 0.717) is 18.9 Å². The SMILES string of the molecule is CCOC(=O)CC/C=C/C1CCC2(CC1)OCCO2. The van der Waals surface area contributed by atoms with Crippen LogP contribution in [0.2, 0.25) is 0 Å². The van der Waals surface area contributed by atoms with Crippen molar-refractivity contribution in [3.05, 3.63) is 12.2 Å². The first kappa shape index (κ1) is 14.5. The van der Waals surface area contributed by atoms with Gasteiger partial charge in [-0.1, -0.05) is 12.2 Å². The van der Waals surface area contributed by atoms with Gasteiger partial charge in [0.05, 0.1) is 19.8 Å². The van der Waals surface area contributed by atoms with Crippen LogP contribution in [0.25, 0.3) is 0 Å². The summed E-state index contributed by atoms with van der Waals surface area (Å²) in [5.41, 5.74) is 0. The third-order valence-electron chi connectivity index (χ3n) is 3.83. The molecule has 0 aromatic carbocycles. The molecule has 0 aromatic rings. The molecule has 108 valence electrons. The number of esters is 1. The first-order valence-corrected chi connectivity index (χ1v) is 7.34. The van der Waals surface area contributed by atoms with E-state index >= 15 is 0 Å². The molecule has 4 nitrogen and oxygen atoms in total. The second-order valence-corrected chi connectivity index (χ2v) is 5.22. The van der Waals surface area contributed by atoms with E-state index in [2.05, 4.69) is 12.2 Å². The monoisotopic (exact) mass is 268 g/mol. The van der Waals surface area contributed by atoms with Crippen molar-refractivity contribution in [2.45, 2.75) is 51.2 Å². The molecule has 0 radical (unpaired) electrons. The van der Waals surface area contributed by atoms with Crippen molar-refractivity contribution in [3.63, 3.8) is 0 Å². The van der Waals surface area contributed by atoms with Crippen molar-refractivity contribution in [3.8, 4) is 0 Å². The molecule has 0 aromatic heterocycles. The molecule has 4 heteroatoms. The van der Waals surface area contributed by atoms with Gasteiger partial charge in [0, 0.05) is 19.3 Å². The van der Waals surface area contributed by atoms with Gasteiger partial charge >= 0.3 is 5.97 Å². The summed E-state index contributed by atoms with van der Waals surface area (Å²) in [6.45, 7) is 3.77. The van der Waals surface area contributed by atoms with E-state index < -0.39 is 0 Å². The first-order chi connectivity index (χ1) is 9.24. The predicted molar refractivity (Wildman–Crippen MR) is 71.6 cm³/mol. The van der Waals surface area contributed by atoms with Gasteiger partial charge in [-0.05, 0) is 32.1 Å². The first-order valence-electron chi connectivity index (χ1n) is 7.34. The van der Waals surface area contributed by atoms with Crippen LogP contribution in [-0.2, 0) is 19.0 Å². The molecule has 0 atom stereocenters. The number of ether oxygens (including phenoxy) is 3. The fourth-order valence-electron chi connectivity index (χ4n) is 2.78. The molecule has 0 N–H and O–H groups in total. The fraction of sp³-hybridized carbons (Fsp3) is 0.800. The summed E-state index contributed by atoms with van der Waals surface area (Å²) in [4.78, 5) is 11.2. The summed E-state index contributed by atoms with van der Waals surface area (Å²) in [5.74, 6) is 0.220. The van der Waals surface area contributed by atoms with E-state index in [1.54, 1.807) is 0 Å². The minimum atomic E-state index is -0.269. The molecule has 1 saturated heterocycles. The molecular formula is C15H24O4. The number of hydrogen-bond donors (Lipinski definition) is 0. The molecular weight excluding hydrogens is 244 g/mol. The predicted octanol–water partition coefficient (Wildman–Crippen LogP) is 2.82. The zero-order valence-corrected chi connectivity index (χ0v) is 11.7. The molecule has 19 heavy (non-hydrogen) atoms. The van der Waals surface area contributed by atoms with Gasteiger partial charge in [0.1, 0.15) is 0 Å². The van der Waals surface area contributed by atoms with Gasteiger partial charge in [0.2, 0.25) is 0 Å². The Kier molecular flexibility index (Phi) is 5.40. The molecule has 0 bridgehead atoms. The van der Waals surface area contributed by atoms with Crippen LogP contribution in [0.4, 0.5) is 0 Å². The van der Waals surface area contributed by atoms with E-state index in [4.69, 9.17) is 14.2 Å². The van der Waals surface area contributed by atoms with Crippen LogP contribution in [0.15, 0.2) is 12.2 Å². The summed E-state index contributed by atoms with van der Waals surface area (Å²) < 4.78 is 16.3. The van der Waals surface area contributed by atoms with Gasteiger partial charge in [0.15, 0.2) is 5.79 Å². The highest BCUT2D eigenvalue weighted by molar-refractivity contribution is 5.69. The quantitative estimate of drug-likeness (QED) is 0.568. The number of carbonyl (C=O) groups is 1. The molecule has 1 heterocycles. The number of rotatable bonds is 5. The van der Waals surface area contributed by atoms with E-state index in [1.165, 1.54) is 0 Å². The van der Waals surface area contributed by atoms with Crippen LogP contribution in [-0.4, -0.2) is 31.6 Å². The van der Waals surface area contributed by atoms with Gasteiger partial charge < -0.3 is 14.2 Å². The van der Waals surface area contributed by atoms with Crippen molar-refractivity contribution in [2.75, 3.05) is 19.8 Å². The van der Waals surface area contributed by atoms with Gasteiger partial charge in [-0.2, -0.15) is 0 Å². The van der Waals surface area contributed by atoms with Crippen LogP contribution in [0.1, 0.15) is 45.4 Å². The van der Waals surface area contributed by atoms with Crippen LogP contribution in [0.3, 0.4) is 0 Å². The highest BCUT2D eigenvalue weighted by Gasteiger charge is 2.39. The van der Waals surface area contributed by atoms with Crippen molar-refractivity contribution < 1.29 is 19.0 Å². The van der Waals surface area contributed by atoms with Crippen LogP contribution < -0.4 is 0 Å². The highest BCUT2D eigenvalue weighted by Crippen LogP contribution is 2.38. The van der Waals surface area contributed by atoms with Gasteiger partial charge in [-0.15, -0.1) is 0 Å². The van der Waals surface area contributed by atoms with E-state index in [-0.39, 0.29) is 11.8 Å². The average molecular weight is 268 g/mol. The lowest BCUT2D eigenvalue weighted by molar-refractivity contribution is -0.180. The second kappa shape index (κ2) is 7.06. The molecule has 1 saturated carbocycles. The van der Waals surface area contributed by atoms with Crippen LogP contribution in [0.5, 0.6) is 0 Å². The summed E-state index contributed by atoms with van der Waals surface area (Å²) in [5, 5.41) is 0. The number of carbonyl (C=O) groups excluding carboxylic acids is 1. The Morgan fingerprint density at radius 2 is 2.00 bits per heavy atom. The van der Waals surface area contributed by atoms with Gasteiger partial charge in [0.25, 0.3) is 0 Å². The lowest BCUT2D eigenvalue weighted by Gasteiger charge is -2.34. The van der Waals surface area contributed by atoms with E-state index in [1.807, 2.05) is 6.92 Å². The van der Waals surface area contributed by atoms with Crippen molar-refractivity contribution in [1.82, 2.24) is 0 Å². The molecule has 2 fully saturated rings. The largest absolute Gasteiger partial charge is 0.466 e. The summed E-state index contributed by atoms with van der Waals surface area (Å²) in [6.07, 6.45) is 9.78. The molecule has 2 aliphatic rings. The van der Waals surface area contributed by atoms with Crippen molar-refractivity contribution in [1.29, 1.82) is 0 Å².